The minimum absolute atomic E-state index is 0.0620. The highest BCUT2D eigenvalue weighted by molar-refractivity contribution is 7.86. The SMILES string of the molecule is CN1CCN(c2ccc(Nc3nccc(Nc4cccc(C(C#N)OS(C)(=O)=O)c4)n3)cc2C(F)(F)F)CC1. The molecule has 1 aliphatic rings. The van der Waals surface area contributed by atoms with Crippen molar-refractivity contribution in [2.45, 2.75) is 12.3 Å². The van der Waals surface area contributed by atoms with E-state index in [2.05, 4.69) is 25.5 Å². The van der Waals surface area contributed by atoms with Crippen LogP contribution in [-0.2, 0) is 20.5 Å². The molecule has 14 heteroatoms. The number of benzene rings is 2. The highest BCUT2D eigenvalue weighted by Gasteiger charge is 2.35. The normalized spacial score (nSPS) is 15.4. The van der Waals surface area contributed by atoms with Gasteiger partial charge in [-0.1, -0.05) is 12.1 Å². The zero-order valence-electron chi connectivity index (χ0n) is 21.1. The maximum absolute atomic E-state index is 13.9. The Labute approximate surface area is 224 Å². The second kappa shape index (κ2) is 11.4. The maximum Gasteiger partial charge on any atom is 0.418 e. The highest BCUT2D eigenvalue weighted by Crippen LogP contribution is 2.39. The molecule has 39 heavy (non-hydrogen) atoms. The smallest absolute Gasteiger partial charge is 0.368 e. The van der Waals surface area contributed by atoms with Gasteiger partial charge in [0.05, 0.1) is 11.8 Å². The summed E-state index contributed by atoms with van der Waals surface area (Å²) < 4.78 is 69.5. The minimum Gasteiger partial charge on any atom is -0.368 e. The van der Waals surface area contributed by atoms with Crippen molar-refractivity contribution in [2.75, 3.05) is 55.0 Å². The van der Waals surface area contributed by atoms with Crippen LogP contribution >= 0.6 is 0 Å². The number of rotatable bonds is 8. The quantitative estimate of drug-likeness (QED) is 0.385. The summed E-state index contributed by atoms with van der Waals surface area (Å²) in [5.74, 6) is 0.374. The molecule has 1 aliphatic heterocycles. The number of aromatic nitrogens is 2. The van der Waals surface area contributed by atoms with Crippen molar-refractivity contribution in [2.24, 2.45) is 0 Å². The molecule has 0 aliphatic carbocycles. The molecule has 0 bridgehead atoms. The fourth-order valence-electron chi connectivity index (χ4n) is 4.04. The summed E-state index contributed by atoms with van der Waals surface area (Å²) in [6.45, 7) is 2.35. The van der Waals surface area contributed by atoms with Crippen LogP contribution in [0.3, 0.4) is 0 Å². The molecule has 0 amide bonds. The van der Waals surface area contributed by atoms with Crippen LogP contribution in [0, 0.1) is 11.3 Å². The molecular formula is C25H26F3N7O3S. The molecule has 0 radical (unpaired) electrons. The van der Waals surface area contributed by atoms with E-state index in [-0.39, 0.29) is 17.3 Å². The van der Waals surface area contributed by atoms with E-state index in [0.29, 0.717) is 43.2 Å². The number of nitrogens with one attached hydrogen (secondary N) is 2. The van der Waals surface area contributed by atoms with Gasteiger partial charge < -0.3 is 20.4 Å². The molecule has 4 rings (SSSR count). The molecule has 0 saturated carbocycles. The molecule has 1 atom stereocenters. The van der Waals surface area contributed by atoms with Gasteiger partial charge in [0.15, 0.2) is 6.10 Å². The molecule has 2 aromatic carbocycles. The van der Waals surface area contributed by atoms with Crippen LogP contribution in [0.2, 0.25) is 0 Å². The van der Waals surface area contributed by atoms with Gasteiger partial charge in [-0.3, -0.25) is 0 Å². The number of likely N-dealkylation sites (N-methyl/N-ethyl adjacent to an activating group) is 1. The fourth-order valence-corrected chi connectivity index (χ4v) is 4.54. The van der Waals surface area contributed by atoms with Crippen molar-refractivity contribution in [1.29, 1.82) is 5.26 Å². The lowest BCUT2D eigenvalue weighted by molar-refractivity contribution is -0.137. The molecule has 0 spiro atoms. The van der Waals surface area contributed by atoms with Gasteiger partial charge >= 0.3 is 6.18 Å². The predicted molar refractivity (Wildman–Crippen MR) is 140 cm³/mol. The Balaban J connectivity index is 1.52. The molecule has 1 fully saturated rings. The second-order valence-electron chi connectivity index (χ2n) is 8.97. The van der Waals surface area contributed by atoms with E-state index in [1.807, 2.05) is 7.05 Å². The van der Waals surface area contributed by atoms with Gasteiger partial charge in [0, 0.05) is 49.4 Å². The standard InChI is InChI=1S/C25H26F3N7O3S/c1-34-10-12-35(13-11-34)21-7-6-19(15-20(21)25(26,27)28)32-24-30-9-8-23(33-24)31-18-5-3-4-17(14-18)22(16-29)38-39(2,36)37/h3-9,14-15,22H,10-13H2,1-2H3,(H2,30,31,32,33). The first kappa shape index (κ1) is 28.1. The molecule has 1 aromatic heterocycles. The third kappa shape index (κ3) is 7.56. The Bertz CT molecular complexity index is 1470. The van der Waals surface area contributed by atoms with Gasteiger partial charge in [-0.25, -0.2) is 9.17 Å². The number of anilines is 5. The first-order valence-corrected chi connectivity index (χ1v) is 13.6. The van der Waals surface area contributed by atoms with Crippen molar-refractivity contribution in [3.8, 4) is 6.07 Å². The molecule has 2 N–H and O–H groups in total. The number of halogens is 3. The van der Waals surface area contributed by atoms with Crippen LogP contribution in [0.25, 0.3) is 0 Å². The number of hydrogen-bond acceptors (Lipinski definition) is 10. The number of nitrogens with zero attached hydrogens (tertiary/aromatic N) is 5. The number of hydrogen-bond donors (Lipinski definition) is 2. The average Bonchev–Trinajstić information content (AvgIpc) is 2.87. The van der Waals surface area contributed by atoms with E-state index in [1.165, 1.54) is 18.3 Å². The van der Waals surface area contributed by atoms with Gasteiger partial charge in [0.2, 0.25) is 5.95 Å². The first-order valence-electron chi connectivity index (χ1n) is 11.8. The summed E-state index contributed by atoms with van der Waals surface area (Å²) in [5, 5.41) is 15.1. The first-order chi connectivity index (χ1) is 18.4. The van der Waals surface area contributed by atoms with Crippen molar-refractivity contribution >= 4 is 38.9 Å². The molecule has 206 valence electrons. The minimum atomic E-state index is -4.55. The summed E-state index contributed by atoms with van der Waals surface area (Å²) >= 11 is 0. The van der Waals surface area contributed by atoms with E-state index in [4.69, 9.17) is 4.18 Å². The lowest BCUT2D eigenvalue weighted by atomic mass is 10.1. The van der Waals surface area contributed by atoms with Crippen LogP contribution < -0.4 is 15.5 Å². The maximum atomic E-state index is 13.9. The highest BCUT2D eigenvalue weighted by atomic mass is 32.2. The molecule has 1 saturated heterocycles. The van der Waals surface area contributed by atoms with Gasteiger partial charge in [-0.05, 0) is 49.0 Å². The summed E-state index contributed by atoms with van der Waals surface area (Å²) in [7, 11) is -1.93. The molecule has 1 unspecified atom stereocenters. The number of alkyl halides is 3. The van der Waals surface area contributed by atoms with Gasteiger partial charge in [-0.15, -0.1) is 0 Å². The average molecular weight is 562 g/mol. The van der Waals surface area contributed by atoms with Crippen molar-refractivity contribution in [3.05, 3.63) is 65.9 Å². The molecular weight excluding hydrogens is 535 g/mol. The number of piperazine rings is 1. The van der Waals surface area contributed by atoms with Gasteiger partial charge in [0.25, 0.3) is 10.1 Å². The Hall–Kier alpha value is -3.93. The topological polar surface area (TPSA) is 123 Å². The summed E-state index contributed by atoms with van der Waals surface area (Å²) in [4.78, 5) is 12.2. The second-order valence-corrected chi connectivity index (χ2v) is 10.6. The van der Waals surface area contributed by atoms with E-state index in [0.717, 1.165) is 12.3 Å². The predicted octanol–water partition coefficient (Wildman–Crippen LogP) is 4.28. The lowest BCUT2D eigenvalue weighted by Gasteiger charge is -2.35. The van der Waals surface area contributed by atoms with Gasteiger partial charge in [0.1, 0.15) is 11.9 Å². The van der Waals surface area contributed by atoms with Crippen LogP contribution in [0.4, 0.5) is 42.0 Å². The van der Waals surface area contributed by atoms with E-state index in [1.54, 1.807) is 41.3 Å². The molecule has 10 nitrogen and oxygen atoms in total. The lowest BCUT2D eigenvalue weighted by Crippen LogP contribution is -2.45. The summed E-state index contributed by atoms with van der Waals surface area (Å²) in [6, 6.07) is 13.7. The Morgan fingerprint density at radius 1 is 1.05 bits per heavy atom. The van der Waals surface area contributed by atoms with E-state index in [9.17, 15) is 26.9 Å². The Kier molecular flexibility index (Phi) is 8.24. The third-order valence-corrected chi connectivity index (χ3v) is 6.45. The van der Waals surface area contributed by atoms with Crippen LogP contribution in [-0.4, -0.2) is 62.8 Å². The van der Waals surface area contributed by atoms with E-state index >= 15 is 0 Å². The van der Waals surface area contributed by atoms with Crippen molar-refractivity contribution in [1.82, 2.24) is 14.9 Å². The van der Waals surface area contributed by atoms with Crippen molar-refractivity contribution in [3.63, 3.8) is 0 Å². The zero-order chi connectivity index (χ0) is 28.2. The number of nitriles is 1. The van der Waals surface area contributed by atoms with Gasteiger partial charge in [-0.2, -0.15) is 31.8 Å². The van der Waals surface area contributed by atoms with E-state index < -0.39 is 28.0 Å². The van der Waals surface area contributed by atoms with Crippen molar-refractivity contribution < 1.29 is 25.8 Å². The largest absolute Gasteiger partial charge is 0.418 e. The Morgan fingerprint density at radius 2 is 1.77 bits per heavy atom. The summed E-state index contributed by atoms with van der Waals surface area (Å²) in [6.07, 6.45) is -3.60. The zero-order valence-corrected chi connectivity index (χ0v) is 21.9. The summed E-state index contributed by atoms with van der Waals surface area (Å²) in [5.41, 5.74) is 0.347. The van der Waals surface area contributed by atoms with Crippen LogP contribution in [0.5, 0.6) is 0 Å². The molecule has 2 heterocycles. The van der Waals surface area contributed by atoms with Crippen LogP contribution in [0.15, 0.2) is 54.7 Å². The molecule has 3 aromatic rings. The fraction of sp³-hybridized carbons (Fsp3) is 0.320. The third-order valence-electron chi connectivity index (χ3n) is 5.91. The van der Waals surface area contributed by atoms with Crippen LogP contribution in [0.1, 0.15) is 17.2 Å². The monoisotopic (exact) mass is 561 g/mol. The Morgan fingerprint density at radius 3 is 2.44 bits per heavy atom.